The second-order valence-electron chi connectivity index (χ2n) is 2.42. The summed E-state index contributed by atoms with van der Waals surface area (Å²) in [6.45, 7) is 0. The molecule has 0 saturated heterocycles. The summed E-state index contributed by atoms with van der Waals surface area (Å²) in [6.07, 6.45) is 0. The van der Waals surface area contributed by atoms with Crippen LogP contribution in [-0.2, 0) is 0 Å². The van der Waals surface area contributed by atoms with E-state index in [0.717, 1.165) is 11.3 Å². The van der Waals surface area contributed by atoms with Crippen molar-refractivity contribution >= 4 is 17.0 Å². The molecule has 62 valence electrons. The third-order valence-corrected chi connectivity index (χ3v) is 1.63. The third kappa shape index (κ3) is 0.952. The summed E-state index contributed by atoms with van der Waals surface area (Å²) in [5, 5.41) is 2.88. The highest BCUT2D eigenvalue weighted by atomic mass is 16.1. The fourth-order valence-electron chi connectivity index (χ4n) is 1.06. The summed E-state index contributed by atoms with van der Waals surface area (Å²) in [7, 11) is 1.78. The van der Waals surface area contributed by atoms with Crippen molar-refractivity contribution in [3.63, 3.8) is 0 Å². The number of aromatic nitrogens is 3. The quantitative estimate of drug-likeness (QED) is 0.567. The summed E-state index contributed by atoms with van der Waals surface area (Å²) in [5.74, 6) is 0.734. The average molecular weight is 164 g/mol. The van der Waals surface area contributed by atoms with Crippen LogP contribution in [0.15, 0.2) is 16.9 Å². The van der Waals surface area contributed by atoms with Crippen molar-refractivity contribution in [2.75, 3.05) is 12.4 Å². The zero-order chi connectivity index (χ0) is 8.55. The second kappa shape index (κ2) is 2.37. The van der Waals surface area contributed by atoms with E-state index in [4.69, 9.17) is 0 Å². The van der Waals surface area contributed by atoms with Gasteiger partial charge < -0.3 is 10.3 Å². The smallest absolute Gasteiger partial charge is 0.325 e. The number of nitrogens with zero attached hydrogens (tertiary/aromatic N) is 1. The number of anilines is 1. The number of rotatable bonds is 1. The fraction of sp³-hybridized carbons (Fsp3) is 0.143. The summed E-state index contributed by atoms with van der Waals surface area (Å²) >= 11 is 0. The maximum Gasteiger partial charge on any atom is 0.325 e. The minimum atomic E-state index is -0.231. The van der Waals surface area contributed by atoms with E-state index >= 15 is 0 Å². The molecule has 0 aliphatic carbocycles. The number of imidazole rings is 1. The molecule has 2 aromatic rings. The normalized spacial score (nSPS) is 10.4. The van der Waals surface area contributed by atoms with Gasteiger partial charge in [-0.1, -0.05) is 0 Å². The molecule has 2 aromatic heterocycles. The van der Waals surface area contributed by atoms with Crippen molar-refractivity contribution in [1.82, 2.24) is 15.0 Å². The Balaban J connectivity index is 2.74. The van der Waals surface area contributed by atoms with Crippen LogP contribution in [0.2, 0.25) is 0 Å². The topological polar surface area (TPSA) is 73.6 Å². The molecule has 0 bridgehead atoms. The molecule has 0 atom stereocenters. The lowest BCUT2D eigenvalue weighted by Gasteiger charge is -1.95. The van der Waals surface area contributed by atoms with Crippen LogP contribution in [0.5, 0.6) is 0 Å². The maximum absolute atomic E-state index is 10.8. The van der Waals surface area contributed by atoms with Crippen LogP contribution in [0.3, 0.4) is 0 Å². The van der Waals surface area contributed by atoms with Crippen molar-refractivity contribution in [1.29, 1.82) is 0 Å². The van der Waals surface area contributed by atoms with Crippen molar-refractivity contribution in [3.8, 4) is 0 Å². The van der Waals surface area contributed by atoms with Crippen LogP contribution in [0.25, 0.3) is 11.2 Å². The van der Waals surface area contributed by atoms with E-state index in [9.17, 15) is 4.79 Å². The monoisotopic (exact) mass is 164 g/mol. The molecule has 5 heteroatoms. The first-order chi connectivity index (χ1) is 5.79. The van der Waals surface area contributed by atoms with Crippen molar-refractivity contribution in [2.24, 2.45) is 0 Å². The first-order valence-electron chi connectivity index (χ1n) is 3.56. The summed E-state index contributed by atoms with van der Waals surface area (Å²) in [4.78, 5) is 20.1. The SMILES string of the molecule is CNc1ccc2[nH]c(=O)[nH]c2n1. The highest BCUT2D eigenvalue weighted by Gasteiger charge is 1.98. The van der Waals surface area contributed by atoms with Gasteiger partial charge in [0.15, 0.2) is 5.65 Å². The zero-order valence-corrected chi connectivity index (χ0v) is 6.51. The highest BCUT2D eigenvalue weighted by Crippen LogP contribution is 2.07. The molecule has 0 amide bonds. The van der Waals surface area contributed by atoms with E-state index in [2.05, 4.69) is 20.3 Å². The van der Waals surface area contributed by atoms with Crippen LogP contribution in [-0.4, -0.2) is 22.0 Å². The largest absolute Gasteiger partial charge is 0.373 e. The number of aromatic amines is 2. The van der Waals surface area contributed by atoms with Crippen LogP contribution >= 0.6 is 0 Å². The number of H-pyrrole nitrogens is 2. The lowest BCUT2D eigenvalue weighted by atomic mass is 10.4. The van der Waals surface area contributed by atoms with E-state index < -0.39 is 0 Å². The first kappa shape index (κ1) is 6.90. The Bertz CT molecular complexity index is 456. The maximum atomic E-state index is 10.8. The van der Waals surface area contributed by atoms with Gasteiger partial charge in [-0.3, -0.25) is 4.98 Å². The number of nitrogens with one attached hydrogen (secondary N) is 3. The molecular formula is C7H8N4O. The lowest BCUT2D eigenvalue weighted by Crippen LogP contribution is -1.99. The van der Waals surface area contributed by atoms with Gasteiger partial charge in [0.1, 0.15) is 5.82 Å². The summed E-state index contributed by atoms with van der Waals surface area (Å²) in [5.41, 5.74) is 1.07. The Morgan fingerprint density at radius 2 is 2.25 bits per heavy atom. The average Bonchev–Trinajstić information content (AvgIpc) is 2.43. The fourth-order valence-corrected chi connectivity index (χ4v) is 1.06. The molecule has 2 heterocycles. The molecular weight excluding hydrogens is 156 g/mol. The molecule has 0 radical (unpaired) electrons. The number of hydrogen-bond acceptors (Lipinski definition) is 3. The molecule has 0 unspecified atom stereocenters. The second-order valence-corrected chi connectivity index (χ2v) is 2.42. The molecule has 2 rings (SSSR count). The third-order valence-electron chi connectivity index (χ3n) is 1.63. The Hall–Kier alpha value is -1.78. The van der Waals surface area contributed by atoms with E-state index in [-0.39, 0.29) is 5.69 Å². The Morgan fingerprint density at radius 1 is 1.42 bits per heavy atom. The Morgan fingerprint density at radius 3 is 3.00 bits per heavy atom. The molecule has 0 saturated carbocycles. The van der Waals surface area contributed by atoms with Crippen LogP contribution in [0.1, 0.15) is 0 Å². The van der Waals surface area contributed by atoms with E-state index in [1.807, 2.05) is 0 Å². The van der Waals surface area contributed by atoms with Crippen molar-refractivity contribution < 1.29 is 0 Å². The van der Waals surface area contributed by atoms with Gasteiger partial charge in [0.25, 0.3) is 0 Å². The van der Waals surface area contributed by atoms with E-state index in [1.165, 1.54) is 0 Å². The molecule has 0 aliphatic heterocycles. The predicted molar refractivity (Wildman–Crippen MR) is 46.3 cm³/mol. The van der Waals surface area contributed by atoms with Gasteiger partial charge in [-0.25, -0.2) is 9.78 Å². The number of fused-ring (bicyclic) bond motifs is 1. The zero-order valence-electron chi connectivity index (χ0n) is 6.51. The molecule has 3 N–H and O–H groups in total. The van der Waals surface area contributed by atoms with Gasteiger partial charge in [0.2, 0.25) is 0 Å². The molecule has 0 aliphatic rings. The first-order valence-corrected chi connectivity index (χ1v) is 3.56. The van der Waals surface area contributed by atoms with Crippen LogP contribution < -0.4 is 11.0 Å². The van der Waals surface area contributed by atoms with E-state index in [1.54, 1.807) is 19.2 Å². The molecule has 5 nitrogen and oxygen atoms in total. The molecule has 0 spiro atoms. The summed E-state index contributed by atoms with van der Waals surface area (Å²) < 4.78 is 0. The van der Waals surface area contributed by atoms with Gasteiger partial charge in [0.05, 0.1) is 5.52 Å². The molecule has 0 aromatic carbocycles. The van der Waals surface area contributed by atoms with E-state index in [0.29, 0.717) is 5.65 Å². The molecule has 0 fully saturated rings. The predicted octanol–water partition coefficient (Wildman–Crippen LogP) is 0.293. The van der Waals surface area contributed by atoms with Gasteiger partial charge in [-0.2, -0.15) is 0 Å². The summed E-state index contributed by atoms with van der Waals surface area (Å²) in [6, 6.07) is 3.60. The standard InChI is InChI=1S/C7H8N4O/c1-8-5-3-2-4-6(10-5)11-7(12)9-4/h2-3H,1H3,(H3,8,9,10,11,12). The van der Waals surface area contributed by atoms with Gasteiger partial charge in [0, 0.05) is 7.05 Å². The minimum absolute atomic E-state index is 0.231. The Labute approximate surface area is 67.8 Å². The minimum Gasteiger partial charge on any atom is -0.373 e. The van der Waals surface area contributed by atoms with Crippen molar-refractivity contribution in [2.45, 2.75) is 0 Å². The highest BCUT2D eigenvalue weighted by molar-refractivity contribution is 5.71. The number of pyridine rings is 1. The Kier molecular flexibility index (Phi) is 1.36. The number of hydrogen-bond donors (Lipinski definition) is 3. The van der Waals surface area contributed by atoms with Crippen LogP contribution in [0, 0.1) is 0 Å². The van der Waals surface area contributed by atoms with Gasteiger partial charge in [-0.05, 0) is 12.1 Å². The van der Waals surface area contributed by atoms with Gasteiger partial charge >= 0.3 is 5.69 Å². The van der Waals surface area contributed by atoms with Crippen LogP contribution in [0.4, 0.5) is 5.82 Å². The van der Waals surface area contributed by atoms with Crippen molar-refractivity contribution in [3.05, 3.63) is 22.6 Å². The lowest BCUT2D eigenvalue weighted by molar-refractivity contribution is 1.20. The molecule has 12 heavy (non-hydrogen) atoms. The van der Waals surface area contributed by atoms with Gasteiger partial charge in [-0.15, -0.1) is 0 Å².